The van der Waals surface area contributed by atoms with E-state index >= 15 is 0 Å². The van der Waals surface area contributed by atoms with E-state index in [-0.39, 0.29) is 0 Å². The van der Waals surface area contributed by atoms with E-state index in [0.29, 0.717) is 17.6 Å². The van der Waals surface area contributed by atoms with Gasteiger partial charge >= 0.3 is 11.9 Å². The molecule has 0 atom stereocenters. The van der Waals surface area contributed by atoms with Crippen LogP contribution in [0, 0.1) is 0 Å². The number of methoxy groups -OCH3 is 2. The maximum atomic E-state index is 11.8. The standard InChI is InChI=1S/C21H38O4/c1-5-6-7-8-9-10-11-12-13-14-15-16-17-19(21(23)25-4)18(2)20(22)24-3/h5-17H2,1-4H3/b19-18-. The number of esters is 2. The molecule has 0 aliphatic heterocycles. The highest BCUT2D eigenvalue weighted by atomic mass is 16.5. The Balaban J connectivity index is 3.83. The molecule has 4 heteroatoms. The zero-order valence-corrected chi connectivity index (χ0v) is 16.8. The van der Waals surface area contributed by atoms with Crippen LogP contribution in [-0.4, -0.2) is 26.2 Å². The van der Waals surface area contributed by atoms with Crippen molar-refractivity contribution in [2.45, 2.75) is 97.3 Å². The third-order valence-electron chi connectivity index (χ3n) is 4.66. The van der Waals surface area contributed by atoms with Gasteiger partial charge in [-0.25, -0.2) is 9.59 Å². The molecule has 0 unspecified atom stereocenters. The van der Waals surface area contributed by atoms with Gasteiger partial charge in [-0.3, -0.25) is 0 Å². The quantitative estimate of drug-likeness (QED) is 0.214. The molecule has 0 aromatic carbocycles. The number of rotatable bonds is 15. The predicted octanol–water partition coefficient (Wildman–Crippen LogP) is 5.74. The van der Waals surface area contributed by atoms with E-state index in [1.54, 1.807) is 6.92 Å². The van der Waals surface area contributed by atoms with Crippen LogP contribution in [-0.2, 0) is 19.1 Å². The van der Waals surface area contributed by atoms with Crippen molar-refractivity contribution in [3.63, 3.8) is 0 Å². The Morgan fingerprint density at radius 1 is 0.640 bits per heavy atom. The van der Waals surface area contributed by atoms with Gasteiger partial charge in [-0.2, -0.15) is 0 Å². The summed E-state index contributed by atoms with van der Waals surface area (Å²) < 4.78 is 9.48. The second-order valence-corrected chi connectivity index (χ2v) is 6.73. The number of hydrogen-bond acceptors (Lipinski definition) is 4. The fourth-order valence-corrected chi connectivity index (χ4v) is 2.98. The first-order valence-electron chi connectivity index (χ1n) is 9.94. The molecule has 0 aliphatic rings. The summed E-state index contributed by atoms with van der Waals surface area (Å²) in [6.07, 6.45) is 15.8. The largest absolute Gasteiger partial charge is 0.466 e. The molecule has 4 nitrogen and oxygen atoms in total. The van der Waals surface area contributed by atoms with Crippen LogP contribution in [0.25, 0.3) is 0 Å². The molecule has 146 valence electrons. The van der Waals surface area contributed by atoms with Crippen LogP contribution in [0.4, 0.5) is 0 Å². The first-order chi connectivity index (χ1) is 12.1. The van der Waals surface area contributed by atoms with Crippen molar-refractivity contribution in [2.75, 3.05) is 14.2 Å². The van der Waals surface area contributed by atoms with Crippen molar-refractivity contribution < 1.29 is 19.1 Å². The van der Waals surface area contributed by atoms with E-state index in [0.717, 1.165) is 12.8 Å². The summed E-state index contributed by atoms with van der Waals surface area (Å²) in [5.74, 6) is -0.884. The summed E-state index contributed by atoms with van der Waals surface area (Å²) in [5.41, 5.74) is 0.804. The molecule has 0 radical (unpaired) electrons. The molecular weight excluding hydrogens is 316 g/mol. The molecule has 0 heterocycles. The number of carbonyl (C=O) groups excluding carboxylic acids is 2. The lowest BCUT2D eigenvalue weighted by molar-refractivity contribution is -0.139. The Kier molecular flexibility index (Phi) is 15.3. The van der Waals surface area contributed by atoms with Gasteiger partial charge in [0.15, 0.2) is 0 Å². The van der Waals surface area contributed by atoms with Crippen LogP contribution < -0.4 is 0 Å². The zero-order valence-electron chi connectivity index (χ0n) is 16.8. The molecule has 0 saturated heterocycles. The summed E-state index contributed by atoms with van der Waals surface area (Å²) in [6, 6.07) is 0. The normalized spacial score (nSPS) is 11.8. The smallest absolute Gasteiger partial charge is 0.334 e. The number of carbonyl (C=O) groups is 2. The van der Waals surface area contributed by atoms with Gasteiger partial charge in [-0.1, -0.05) is 77.6 Å². The topological polar surface area (TPSA) is 52.6 Å². The molecule has 0 aromatic heterocycles. The third kappa shape index (κ3) is 11.8. The van der Waals surface area contributed by atoms with Gasteiger partial charge in [-0.05, 0) is 19.8 Å². The van der Waals surface area contributed by atoms with Crippen molar-refractivity contribution >= 4 is 11.9 Å². The number of unbranched alkanes of at least 4 members (excludes halogenated alkanes) is 11. The average molecular weight is 355 g/mol. The second-order valence-electron chi connectivity index (χ2n) is 6.73. The Labute approximate surface area is 154 Å². The second kappa shape index (κ2) is 16.2. The predicted molar refractivity (Wildman–Crippen MR) is 102 cm³/mol. The lowest BCUT2D eigenvalue weighted by atomic mass is 10.0. The lowest BCUT2D eigenvalue weighted by Crippen LogP contribution is -2.13. The highest BCUT2D eigenvalue weighted by Crippen LogP contribution is 2.18. The van der Waals surface area contributed by atoms with Crippen LogP contribution in [0.15, 0.2) is 11.1 Å². The lowest BCUT2D eigenvalue weighted by Gasteiger charge is -2.09. The summed E-state index contributed by atoms with van der Waals surface area (Å²) in [6.45, 7) is 3.87. The van der Waals surface area contributed by atoms with Gasteiger partial charge in [-0.15, -0.1) is 0 Å². The highest BCUT2D eigenvalue weighted by molar-refractivity contribution is 5.99. The van der Waals surface area contributed by atoms with Gasteiger partial charge in [0.05, 0.1) is 14.2 Å². The van der Waals surface area contributed by atoms with Crippen LogP contribution in [0.5, 0.6) is 0 Å². The summed E-state index contributed by atoms with van der Waals surface area (Å²) in [5, 5.41) is 0. The first-order valence-corrected chi connectivity index (χ1v) is 9.94. The highest BCUT2D eigenvalue weighted by Gasteiger charge is 2.18. The Hall–Kier alpha value is -1.32. The molecule has 0 saturated carbocycles. The van der Waals surface area contributed by atoms with E-state index in [9.17, 15) is 9.59 Å². The van der Waals surface area contributed by atoms with E-state index in [4.69, 9.17) is 9.47 Å². The fourth-order valence-electron chi connectivity index (χ4n) is 2.98. The van der Waals surface area contributed by atoms with Crippen molar-refractivity contribution in [2.24, 2.45) is 0 Å². The maximum absolute atomic E-state index is 11.8. The van der Waals surface area contributed by atoms with Crippen molar-refractivity contribution in [3.05, 3.63) is 11.1 Å². The molecule has 0 aliphatic carbocycles. The number of hydrogen-bond donors (Lipinski definition) is 0. The minimum Gasteiger partial charge on any atom is -0.466 e. The minimum atomic E-state index is -0.459. The molecule has 25 heavy (non-hydrogen) atoms. The maximum Gasteiger partial charge on any atom is 0.334 e. The monoisotopic (exact) mass is 354 g/mol. The van der Waals surface area contributed by atoms with Gasteiger partial charge in [0.25, 0.3) is 0 Å². The third-order valence-corrected chi connectivity index (χ3v) is 4.66. The van der Waals surface area contributed by atoms with Gasteiger partial charge in [0.1, 0.15) is 0 Å². The van der Waals surface area contributed by atoms with E-state index in [1.807, 2.05) is 0 Å². The van der Waals surface area contributed by atoms with Crippen LogP contribution in [0.3, 0.4) is 0 Å². The summed E-state index contributed by atoms with van der Waals surface area (Å²) >= 11 is 0. The van der Waals surface area contributed by atoms with Crippen LogP contribution in [0.1, 0.15) is 97.3 Å². The summed E-state index contributed by atoms with van der Waals surface area (Å²) in [4.78, 5) is 23.4. The van der Waals surface area contributed by atoms with E-state index in [1.165, 1.54) is 78.4 Å². The zero-order chi connectivity index (χ0) is 18.9. The average Bonchev–Trinajstić information content (AvgIpc) is 2.63. The Morgan fingerprint density at radius 3 is 1.44 bits per heavy atom. The molecule has 0 bridgehead atoms. The summed E-state index contributed by atoms with van der Waals surface area (Å²) in [7, 11) is 2.67. The van der Waals surface area contributed by atoms with E-state index < -0.39 is 11.9 Å². The Morgan fingerprint density at radius 2 is 1.04 bits per heavy atom. The SMILES string of the molecule is CCCCCCCCCCCCCC/C(C(=O)OC)=C(\C)C(=O)OC. The molecular formula is C21H38O4. The van der Waals surface area contributed by atoms with Crippen molar-refractivity contribution in [1.29, 1.82) is 0 Å². The van der Waals surface area contributed by atoms with Gasteiger partial charge in [0.2, 0.25) is 0 Å². The van der Waals surface area contributed by atoms with Gasteiger partial charge in [0, 0.05) is 11.1 Å². The first kappa shape index (κ1) is 23.7. The van der Waals surface area contributed by atoms with Crippen LogP contribution in [0.2, 0.25) is 0 Å². The molecule has 0 rings (SSSR count). The van der Waals surface area contributed by atoms with Crippen molar-refractivity contribution in [3.8, 4) is 0 Å². The fraction of sp³-hybridized carbons (Fsp3) is 0.810. The van der Waals surface area contributed by atoms with E-state index in [2.05, 4.69) is 6.92 Å². The molecule has 0 N–H and O–H groups in total. The molecule has 0 amide bonds. The molecule has 0 fully saturated rings. The molecule has 0 aromatic rings. The Bertz CT molecular complexity index is 399. The molecule has 0 spiro atoms. The van der Waals surface area contributed by atoms with Crippen LogP contribution >= 0.6 is 0 Å². The number of ether oxygens (including phenoxy) is 2. The minimum absolute atomic E-state index is 0.359. The van der Waals surface area contributed by atoms with Crippen molar-refractivity contribution in [1.82, 2.24) is 0 Å². The van der Waals surface area contributed by atoms with Gasteiger partial charge < -0.3 is 9.47 Å².